The topological polar surface area (TPSA) is 65.4 Å². The molecule has 2 aromatic rings. The first-order valence-corrected chi connectivity index (χ1v) is 5.78. The van der Waals surface area contributed by atoms with Crippen molar-refractivity contribution in [2.75, 3.05) is 5.32 Å². The third-order valence-corrected chi connectivity index (χ3v) is 2.79. The third kappa shape index (κ3) is 2.53. The molecule has 3 N–H and O–H groups in total. The summed E-state index contributed by atoms with van der Waals surface area (Å²) >= 11 is 0. The maximum absolute atomic E-state index is 9.77. The minimum Gasteiger partial charge on any atom is -0.507 e. The molecular weight excluding hydrogens is 228 g/mol. The monoisotopic (exact) mass is 244 g/mol. The van der Waals surface area contributed by atoms with Crippen LogP contribution in [0.15, 0.2) is 36.5 Å². The molecule has 0 saturated heterocycles. The average Bonchev–Trinajstić information content (AvgIpc) is 2.32. The lowest BCUT2D eigenvalue weighted by atomic mass is 10.1. The highest BCUT2D eigenvalue weighted by atomic mass is 16.3. The molecular formula is C14H16N2O2. The van der Waals surface area contributed by atoms with E-state index in [0.29, 0.717) is 5.56 Å². The van der Waals surface area contributed by atoms with Crippen molar-refractivity contribution < 1.29 is 10.2 Å². The Labute approximate surface area is 106 Å². The molecule has 1 aromatic heterocycles. The Morgan fingerprint density at radius 3 is 2.33 bits per heavy atom. The van der Waals surface area contributed by atoms with E-state index in [9.17, 15) is 10.2 Å². The van der Waals surface area contributed by atoms with Crippen LogP contribution in [-0.2, 0) is 0 Å². The van der Waals surface area contributed by atoms with Gasteiger partial charge in [0, 0.05) is 5.69 Å². The van der Waals surface area contributed by atoms with Gasteiger partial charge in [0.2, 0.25) is 0 Å². The number of nitrogens with one attached hydrogen (secondary N) is 1. The van der Waals surface area contributed by atoms with Crippen molar-refractivity contribution >= 4 is 5.69 Å². The Balaban J connectivity index is 2.22. The second kappa shape index (κ2) is 4.96. The van der Waals surface area contributed by atoms with Crippen molar-refractivity contribution in [2.45, 2.75) is 19.9 Å². The van der Waals surface area contributed by atoms with E-state index in [2.05, 4.69) is 10.3 Å². The lowest BCUT2D eigenvalue weighted by Gasteiger charge is -2.17. The largest absolute Gasteiger partial charge is 0.507 e. The molecule has 0 radical (unpaired) electrons. The minimum absolute atomic E-state index is 0.0788. The number of nitrogens with zero attached hydrogens (tertiary/aromatic N) is 1. The number of hydrogen-bond acceptors (Lipinski definition) is 4. The van der Waals surface area contributed by atoms with Crippen molar-refractivity contribution in [1.82, 2.24) is 4.98 Å². The summed E-state index contributed by atoms with van der Waals surface area (Å²) in [4.78, 5) is 4.18. The quantitative estimate of drug-likeness (QED) is 0.776. The number of aryl methyl sites for hydroxylation is 1. The summed E-state index contributed by atoms with van der Waals surface area (Å²) in [5.41, 5.74) is 2.27. The number of phenolic OH excluding ortho intramolecular Hbond substituents is 2. The molecule has 1 heterocycles. The van der Waals surface area contributed by atoms with Crippen molar-refractivity contribution in [1.29, 1.82) is 0 Å². The number of phenols is 2. The molecule has 0 amide bonds. The summed E-state index contributed by atoms with van der Waals surface area (Å²) in [5.74, 6) is 0.158. The molecule has 18 heavy (non-hydrogen) atoms. The van der Waals surface area contributed by atoms with Crippen LogP contribution in [0.3, 0.4) is 0 Å². The van der Waals surface area contributed by atoms with Crippen LogP contribution in [0.1, 0.15) is 24.2 Å². The van der Waals surface area contributed by atoms with Gasteiger partial charge in [0.05, 0.1) is 23.5 Å². The fourth-order valence-corrected chi connectivity index (χ4v) is 1.86. The summed E-state index contributed by atoms with van der Waals surface area (Å²) in [7, 11) is 0. The van der Waals surface area contributed by atoms with Gasteiger partial charge in [-0.25, -0.2) is 0 Å². The number of aromatic nitrogens is 1. The molecule has 0 aliphatic rings. The van der Waals surface area contributed by atoms with Gasteiger partial charge < -0.3 is 15.5 Å². The molecule has 4 nitrogen and oxygen atoms in total. The summed E-state index contributed by atoms with van der Waals surface area (Å²) in [6.45, 7) is 3.79. The molecule has 0 bridgehead atoms. The van der Waals surface area contributed by atoms with Gasteiger partial charge in [-0.2, -0.15) is 0 Å². The minimum atomic E-state index is -0.212. The fraction of sp³-hybridized carbons (Fsp3) is 0.214. The first kappa shape index (κ1) is 12.2. The SMILES string of the molecule is Cc1ccc(NC(C)c2c(O)cccc2O)cn1. The summed E-state index contributed by atoms with van der Waals surface area (Å²) in [6.07, 6.45) is 1.73. The summed E-state index contributed by atoms with van der Waals surface area (Å²) in [6, 6.07) is 8.32. The highest BCUT2D eigenvalue weighted by Gasteiger charge is 2.14. The second-order valence-electron chi connectivity index (χ2n) is 4.26. The molecule has 2 rings (SSSR count). The van der Waals surface area contributed by atoms with Crippen molar-refractivity contribution in [3.63, 3.8) is 0 Å². The number of rotatable bonds is 3. The highest BCUT2D eigenvalue weighted by Crippen LogP contribution is 2.33. The maximum atomic E-state index is 9.77. The lowest BCUT2D eigenvalue weighted by Crippen LogP contribution is -2.07. The molecule has 0 aliphatic carbocycles. The maximum Gasteiger partial charge on any atom is 0.124 e. The van der Waals surface area contributed by atoms with Crippen LogP contribution >= 0.6 is 0 Å². The molecule has 0 aliphatic heterocycles. The van der Waals surface area contributed by atoms with Crippen LogP contribution in [0.2, 0.25) is 0 Å². The molecule has 4 heteroatoms. The zero-order chi connectivity index (χ0) is 13.1. The van der Waals surface area contributed by atoms with Crippen LogP contribution in [0, 0.1) is 6.92 Å². The van der Waals surface area contributed by atoms with E-state index >= 15 is 0 Å². The molecule has 1 unspecified atom stereocenters. The zero-order valence-electron chi connectivity index (χ0n) is 10.4. The lowest BCUT2D eigenvalue weighted by molar-refractivity contribution is 0.434. The Bertz CT molecular complexity index is 518. The molecule has 1 atom stereocenters. The first-order chi connectivity index (χ1) is 8.58. The van der Waals surface area contributed by atoms with Crippen LogP contribution in [0.5, 0.6) is 11.5 Å². The van der Waals surface area contributed by atoms with Gasteiger partial charge in [-0.3, -0.25) is 4.98 Å². The van der Waals surface area contributed by atoms with Gasteiger partial charge in [0.15, 0.2) is 0 Å². The average molecular weight is 244 g/mol. The van der Waals surface area contributed by atoms with Gasteiger partial charge in [-0.1, -0.05) is 6.07 Å². The molecule has 1 aromatic carbocycles. The van der Waals surface area contributed by atoms with E-state index in [0.717, 1.165) is 11.4 Å². The first-order valence-electron chi connectivity index (χ1n) is 5.78. The molecule has 94 valence electrons. The van der Waals surface area contributed by atoms with Crippen molar-refractivity contribution in [2.24, 2.45) is 0 Å². The van der Waals surface area contributed by atoms with Crippen LogP contribution in [0.25, 0.3) is 0 Å². The van der Waals surface area contributed by atoms with Crippen molar-refractivity contribution in [3.8, 4) is 11.5 Å². The molecule has 0 fully saturated rings. The summed E-state index contributed by atoms with van der Waals surface area (Å²) < 4.78 is 0. The predicted molar refractivity (Wildman–Crippen MR) is 70.8 cm³/mol. The zero-order valence-corrected chi connectivity index (χ0v) is 10.4. The highest BCUT2D eigenvalue weighted by molar-refractivity contribution is 5.50. The summed E-state index contributed by atoms with van der Waals surface area (Å²) in [5, 5.41) is 22.7. The Morgan fingerprint density at radius 1 is 1.11 bits per heavy atom. The van der Waals surface area contributed by atoms with Crippen LogP contribution in [-0.4, -0.2) is 15.2 Å². The van der Waals surface area contributed by atoms with E-state index < -0.39 is 0 Å². The van der Waals surface area contributed by atoms with Crippen molar-refractivity contribution in [3.05, 3.63) is 47.8 Å². The number of hydrogen-bond donors (Lipinski definition) is 3. The van der Waals surface area contributed by atoms with Gasteiger partial charge in [-0.05, 0) is 38.1 Å². The standard InChI is InChI=1S/C14H16N2O2/c1-9-6-7-11(8-15-9)16-10(2)14-12(17)4-3-5-13(14)18/h3-8,10,16-18H,1-2H3. The number of anilines is 1. The number of aromatic hydroxyl groups is 2. The van der Waals surface area contributed by atoms with Gasteiger partial charge in [-0.15, -0.1) is 0 Å². The van der Waals surface area contributed by atoms with Crippen LogP contribution in [0.4, 0.5) is 5.69 Å². The van der Waals surface area contributed by atoms with Crippen LogP contribution < -0.4 is 5.32 Å². The molecule has 0 saturated carbocycles. The second-order valence-corrected chi connectivity index (χ2v) is 4.26. The smallest absolute Gasteiger partial charge is 0.124 e. The van der Waals surface area contributed by atoms with Gasteiger partial charge in [0.25, 0.3) is 0 Å². The van der Waals surface area contributed by atoms with Gasteiger partial charge in [0.1, 0.15) is 11.5 Å². The number of pyridine rings is 1. The Morgan fingerprint density at radius 2 is 1.78 bits per heavy atom. The van der Waals surface area contributed by atoms with E-state index in [1.54, 1.807) is 24.4 Å². The Kier molecular flexibility index (Phi) is 3.37. The van der Waals surface area contributed by atoms with E-state index in [4.69, 9.17) is 0 Å². The van der Waals surface area contributed by atoms with E-state index in [-0.39, 0.29) is 17.5 Å². The molecule has 0 spiro atoms. The third-order valence-electron chi connectivity index (χ3n) is 2.79. The van der Waals surface area contributed by atoms with E-state index in [1.807, 2.05) is 26.0 Å². The fourth-order valence-electron chi connectivity index (χ4n) is 1.86. The predicted octanol–water partition coefficient (Wildman–Crippen LogP) is 2.97. The van der Waals surface area contributed by atoms with Gasteiger partial charge >= 0.3 is 0 Å². The number of benzene rings is 1. The Hall–Kier alpha value is -2.23. The normalized spacial score (nSPS) is 12.1. The van der Waals surface area contributed by atoms with E-state index in [1.165, 1.54) is 0 Å².